The number of amides is 2. The van der Waals surface area contributed by atoms with Gasteiger partial charge in [0.1, 0.15) is 0 Å². The van der Waals surface area contributed by atoms with Gasteiger partial charge in [-0.05, 0) is 23.6 Å². The van der Waals surface area contributed by atoms with Crippen LogP contribution in [0.1, 0.15) is 36.8 Å². The van der Waals surface area contributed by atoms with Crippen molar-refractivity contribution in [3.63, 3.8) is 0 Å². The third kappa shape index (κ3) is 4.22. The van der Waals surface area contributed by atoms with Gasteiger partial charge in [-0.2, -0.15) is 0 Å². The summed E-state index contributed by atoms with van der Waals surface area (Å²) in [4.78, 5) is 16.6. The van der Waals surface area contributed by atoms with E-state index >= 15 is 0 Å². The minimum Gasteiger partial charge on any atom is -0.454 e. The Balaban J connectivity index is 1.22. The summed E-state index contributed by atoms with van der Waals surface area (Å²) in [6.07, 6.45) is 0. The average molecular weight is 386 g/mol. The van der Waals surface area contributed by atoms with Crippen LogP contribution in [0.4, 0.5) is 4.79 Å². The van der Waals surface area contributed by atoms with Gasteiger partial charge in [-0.1, -0.05) is 25.1 Å². The van der Waals surface area contributed by atoms with Crippen molar-refractivity contribution in [1.29, 1.82) is 0 Å². The van der Waals surface area contributed by atoms with Crippen LogP contribution in [0.15, 0.2) is 28.8 Å². The maximum absolute atomic E-state index is 12.4. The molecule has 0 atom stereocenters. The number of ether oxygens (including phenoxy) is 2. The van der Waals surface area contributed by atoms with E-state index in [9.17, 15) is 4.79 Å². The number of piperazine rings is 1. The van der Waals surface area contributed by atoms with Gasteiger partial charge in [0.2, 0.25) is 6.79 Å². The number of hydrogen-bond donors (Lipinski definition) is 1. The molecule has 0 unspecified atom stereocenters. The van der Waals surface area contributed by atoms with E-state index in [2.05, 4.69) is 35.3 Å². The lowest BCUT2D eigenvalue weighted by Gasteiger charge is -2.34. The SMILES string of the molecule is CC(C)c1cc(CNC(=O)N2CCN(Cc3ccc4c(c3)OCO4)CC2)on1. The number of nitrogens with one attached hydrogen (secondary N) is 1. The molecule has 1 aromatic carbocycles. The second-order valence-electron chi connectivity index (χ2n) is 7.48. The van der Waals surface area contributed by atoms with E-state index in [0.717, 1.165) is 36.8 Å². The Morgan fingerprint density at radius 3 is 2.68 bits per heavy atom. The molecule has 28 heavy (non-hydrogen) atoms. The quantitative estimate of drug-likeness (QED) is 0.851. The van der Waals surface area contributed by atoms with E-state index in [1.165, 1.54) is 5.56 Å². The molecule has 0 spiro atoms. The molecule has 2 amide bonds. The lowest BCUT2D eigenvalue weighted by atomic mass is 10.1. The Morgan fingerprint density at radius 1 is 1.14 bits per heavy atom. The van der Waals surface area contributed by atoms with Gasteiger partial charge in [0.25, 0.3) is 0 Å². The molecule has 8 heteroatoms. The van der Waals surface area contributed by atoms with Crippen LogP contribution in [0.25, 0.3) is 0 Å². The topological polar surface area (TPSA) is 80.1 Å². The van der Waals surface area contributed by atoms with E-state index in [0.29, 0.717) is 38.1 Å². The summed E-state index contributed by atoms with van der Waals surface area (Å²) in [5.41, 5.74) is 2.09. The fourth-order valence-corrected chi connectivity index (χ4v) is 3.37. The van der Waals surface area contributed by atoms with Crippen molar-refractivity contribution in [3.8, 4) is 11.5 Å². The van der Waals surface area contributed by atoms with E-state index in [1.54, 1.807) is 0 Å². The van der Waals surface area contributed by atoms with Crippen LogP contribution >= 0.6 is 0 Å². The first kappa shape index (κ1) is 18.6. The Bertz CT molecular complexity index is 827. The fourth-order valence-electron chi connectivity index (χ4n) is 3.37. The first-order chi connectivity index (χ1) is 13.6. The summed E-state index contributed by atoms with van der Waals surface area (Å²) in [7, 11) is 0. The Morgan fingerprint density at radius 2 is 1.93 bits per heavy atom. The third-order valence-electron chi connectivity index (χ3n) is 5.09. The van der Waals surface area contributed by atoms with Gasteiger partial charge in [0.15, 0.2) is 17.3 Å². The summed E-state index contributed by atoms with van der Waals surface area (Å²) in [5, 5.41) is 6.93. The van der Waals surface area contributed by atoms with Crippen molar-refractivity contribution in [2.24, 2.45) is 0 Å². The highest BCUT2D eigenvalue weighted by molar-refractivity contribution is 5.74. The fraction of sp³-hybridized carbons (Fsp3) is 0.500. The van der Waals surface area contributed by atoms with E-state index < -0.39 is 0 Å². The lowest BCUT2D eigenvalue weighted by Crippen LogP contribution is -2.51. The number of benzene rings is 1. The minimum absolute atomic E-state index is 0.0646. The molecule has 0 bridgehead atoms. The highest BCUT2D eigenvalue weighted by Gasteiger charge is 2.22. The normalized spacial score (nSPS) is 16.6. The monoisotopic (exact) mass is 386 g/mol. The predicted octanol–water partition coefficient (Wildman–Crippen LogP) is 2.55. The van der Waals surface area contributed by atoms with Gasteiger partial charge < -0.3 is 24.2 Å². The number of hydrogen-bond acceptors (Lipinski definition) is 6. The zero-order chi connectivity index (χ0) is 19.5. The van der Waals surface area contributed by atoms with Gasteiger partial charge >= 0.3 is 6.03 Å². The first-order valence-corrected chi connectivity index (χ1v) is 9.67. The summed E-state index contributed by atoms with van der Waals surface area (Å²) >= 11 is 0. The molecule has 0 saturated carbocycles. The Labute approximate surface area is 164 Å². The van der Waals surface area contributed by atoms with Gasteiger partial charge in [0, 0.05) is 38.8 Å². The molecule has 1 N–H and O–H groups in total. The van der Waals surface area contributed by atoms with E-state index in [1.807, 2.05) is 23.1 Å². The van der Waals surface area contributed by atoms with Gasteiger partial charge in [-0.3, -0.25) is 4.90 Å². The van der Waals surface area contributed by atoms with Crippen molar-refractivity contribution < 1.29 is 18.8 Å². The summed E-state index contributed by atoms with van der Waals surface area (Å²) in [6.45, 7) is 8.67. The van der Waals surface area contributed by atoms with Crippen LogP contribution < -0.4 is 14.8 Å². The molecule has 4 rings (SSSR count). The first-order valence-electron chi connectivity index (χ1n) is 9.67. The molecule has 3 heterocycles. The Hall–Kier alpha value is -2.74. The molecule has 1 fully saturated rings. The summed E-state index contributed by atoms with van der Waals surface area (Å²) in [6, 6.07) is 7.88. The van der Waals surface area contributed by atoms with Crippen LogP contribution in [0.3, 0.4) is 0 Å². The highest BCUT2D eigenvalue weighted by atomic mass is 16.7. The van der Waals surface area contributed by atoms with E-state index in [4.69, 9.17) is 14.0 Å². The smallest absolute Gasteiger partial charge is 0.317 e. The average Bonchev–Trinajstić information content (AvgIpc) is 3.36. The molecule has 150 valence electrons. The number of urea groups is 1. The molecule has 2 aliphatic heterocycles. The van der Waals surface area contributed by atoms with Crippen molar-refractivity contribution in [2.75, 3.05) is 33.0 Å². The number of fused-ring (bicyclic) bond motifs is 1. The molecule has 0 aliphatic carbocycles. The molecule has 0 radical (unpaired) electrons. The number of aromatic nitrogens is 1. The maximum atomic E-state index is 12.4. The molecule has 1 saturated heterocycles. The second kappa shape index (κ2) is 8.10. The van der Waals surface area contributed by atoms with Crippen LogP contribution in [-0.2, 0) is 13.1 Å². The van der Waals surface area contributed by atoms with Crippen molar-refractivity contribution in [2.45, 2.75) is 32.9 Å². The number of carbonyl (C=O) groups is 1. The highest BCUT2D eigenvalue weighted by Crippen LogP contribution is 2.32. The molecule has 1 aromatic heterocycles. The molecular weight excluding hydrogens is 360 g/mol. The largest absolute Gasteiger partial charge is 0.454 e. The van der Waals surface area contributed by atoms with Crippen LogP contribution in [0.5, 0.6) is 11.5 Å². The maximum Gasteiger partial charge on any atom is 0.317 e. The van der Waals surface area contributed by atoms with Crippen molar-refractivity contribution in [3.05, 3.63) is 41.3 Å². The molecule has 2 aromatic rings. The number of rotatable bonds is 5. The lowest BCUT2D eigenvalue weighted by molar-refractivity contribution is 0.134. The Kier molecular flexibility index (Phi) is 5.38. The van der Waals surface area contributed by atoms with Crippen LogP contribution in [-0.4, -0.2) is 54.0 Å². The molecule has 2 aliphatic rings. The predicted molar refractivity (Wildman–Crippen MR) is 102 cm³/mol. The zero-order valence-corrected chi connectivity index (χ0v) is 16.3. The minimum atomic E-state index is -0.0646. The molecular formula is C20H26N4O4. The number of carbonyl (C=O) groups excluding carboxylic acids is 1. The van der Waals surface area contributed by atoms with Gasteiger partial charge in [-0.15, -0.1) is 0 Å². The van der Waals surface area contributed by atoms with Gasteiger partial charge in [0.05, 0.1) is 12.2 Å². The second-order valence-corrected chi connectivity index (χ2v) is 7.48. The van der Waals surface area contributed by atoms with Gasteiger partial charge in [-0.25, -0.2) is 4.79 Å². The summed E-state index contributed by atoms with van der Waals surface area (Å²) < 4.78 is 16.1. The standard InChI is InChI=1S/C20H26N4O4/c1-14(2)17-10-16(28-22-17)11-21-20(25)24-7-5-23(6-8-24)12-15-3-4-18-19(9-15)27-13-26-18/h3-4,9-10,14H,5-8,11-13H2,1-2H3,(H,21,25). The van der Waals surface area contributed by atoms with Crippen molar-refractivity contribution in [1.82, 2.24) is 20.3 Å². The third-order valence-corrected chi connectivity index (χ3v) is 5.09. The molecule has 8 nitrogen and oxygen atoms in total. The van der Waals surface area contributed by atoms with E-state index in [-0.39, 0.29) is 6.03 Å². The van der Waals surface area contributed by atoms with Crippen LogP contribution in [0, 0.1) is 0 Å². The zero-order valence-electron chi connectivity index (χ0n) is 16.3. The number of nitrogens with zero attached hydrogens (tertiary/aromatic N) is 3. The van der Waals surface area contributed by atoms with Crippen LogP contribution in [0.2, 0.25) is 0 Å². The van der Waals surface area contributed by atoms with Crippen molar-refractivity contribution >= 4 is 6.03 Å². The summed E-state index contributed by atoms with van der Waals surface area (Å²) in [5.74, 6) is 2.60.